The van der Waals surface area contributed by atoms with Gasteiger partial charge in [-0.2, -0.15) is 0 Å². The number of aromatic nitrogens is 1. The third-order valence-electron chi connectivity index (χ3n) is 3.14. The number of pyridine rings is 1. The molecule has 0 fully saturated rings. The van der Waals surface area contributed by atoms with Crippen LogP contribution >= 0.6 is 11.3 Å². The van der Waals surface area contributed by atoms with E-state index in [4.69, 9.17) is 0 Å². The van der Waals surface area contributed by atoms with Crippen LogP contribution in [-0.4, -0.2) is 17.1 Å². The van der Waals surface area contributed by atoms with Gasteiger partial charge in [0, 0.05) is 23.7 Å². The molecule has 2 rings (SSSR count). The van der Waals surface area contributed by atoms with E-state index in [1.807, 2.05) is 19.2 Å². The second-order valence-electron chi connectivity index (χ2n) is 4.39. The Bertz CT molecular complexity index is 496. The van der Waals surface area contributed by atoms with Crippen molar-refractivity contribution in [3.05, 3.63) is 46.3 Å². The van der Waals surface area contributed by atoms with Gasteiger partial charge in [0.1, 0.15) is 5.82 Å². The standard InChI is InChI=1S/C14H18N2OS/c1-10(13-7-5-9-18-13)16(3)14-12(11(2)17)6-4-8-15-14/h4-11,17H,1-3H3. The second-order valence-corrected chi connectivity index (χ2v) is 5.37. The van der Waals surface area contributed by atoms with Crippen molar-refractivity contribution in [2.24, 2.45) is 0 Å². The molecular weight excluding hydrogens is 244 g/mol. The number of nitrogens with zero attached hydrogens (tertiary/aromatic N) is 2. The molecule has 0 aliphatic carbocycles. The normalized spacial score (nSPS) is 14.2. The van der Waals surface area contributed by atoms with Crippen molar-refractivity contribution < 1.29 is 5.11 Å². The smallest absolute Gasteiger partial charge is 0.134 e. The molecule has 3 nitrogen and oxygen atoms in total. The molecule has 2 aromatic heterocycles. The van der Waals surface area contributed by atoms with Crippen LogP contribution in [-0.2, 0) is 0 Å². The van der Waals surface area contributed by atoms with Crippen molar-refractivity contribution in [1.29, 1.82) is 0 Å². The number of thiophene rings is 1. The SMILES string of the molecule is CC(O)c1cccnc1N(C)C(C)c1cccs1. The molecule has 0 bridgehead atoms. The molecule has 2 atom stereocenters. The lowest BCUT2D eigenvalue weighted by molar-refractivity contribution is 0.199. The van der Waals surface area contributed by atoms with Gasteiger partial charge < -0.3 is 10.0 Å². The molecule has 2 heterocycles. The molecule has 18 heavy (non-hydrogen) atoms. The number of aliphatic hydroxyl groups is 1. The summed E-state index contributed by atoms with van der Waals surface area (Å²) in [7, 11) is 2.01. The van der Waals surface area contributed by atoms with Gasteiger partial charge in [-0.15, -0.1) is 11.3 Å². The molecule has 0 radical (unpaired) electrons. The zero-order valence-electron chi connectivity index (χ0n) is 10.9. The molecule has 4 heteroatoms. The van der Waals surface area contributed by atoms with Crippen molar-refractivity contribution in [2.45, 2.75) is 26.0 Å². The fourth-order valence-electron chi connectivity index (χ4n) is 1.93. The molecule has 0 saturated heterocycles. The van der Waals surface area contributed by atoms with Crippen molar-refractivity contribution in [1.82, 2.24) is 4.98 Å². The van der Waals surface area contributed by atoms with E-state index >= 15 is 0 Å². The summed E-state index contributed by atoms with van der Waals surface area (Å²) in [5.41, 5.74) is 0.864. The summed E-state index contributed by atoms with van der Waals surface area (Å²) in [5.74, 6) is 0.841. The third kappa shape index (κ3) is 2.54. The van der Waals surface area contributed by atoms with E-state index in [9.17, 15) is 5.11 Å². The summed E-state index contributed by atoms with van der Waals surface area (Å²) in [6, 6.07) is 8.20. The Morgan fingerprint density at radius 2 is 2.06 bits per heavy atom. The Hall–Kier alpha value is -1.39. The fraction of sp³-hybridized carbons (Fsp3) is 0.357. The maximum absolute atomic E-state index is 9.80. The first-order valence-electron chi connectivity index (χ1n) is 6.00. The highest BCUT2D eigenvalue weighted by Crippen LogP contribution is 2.31. The molecule has 0 amide bonds. The van der Waals surface area contributed by atoms with E-state index in [1.54, 1.807) is 24.5 Å². The molecule has 2 unspecified atom stereocenters. The summed E-state index contributed by atoms with van der Waals surface area (Å²) in [6.45, 7) is 3.91. The summed E-state index contributed by atoms with van der Waals surface area (Å²) in [6.07, 6.45) is 1.26. The van der Waals surface area contributed by atoms with Crippen LogP contribution in [0.4, 0.5) is 5.82 Å². The number of hydrogen-bond donors (Lipinski definition) is 1. The monoisotopic (exact) mass is 262 g/mol. The maximum Gasteiger partial charge on any atom is 0.134 e. The minimum Gasteiger partial charge on any atom is -0.389 e. The van der Waals surface area contributed by atoms with Crippen LogP contribution in [0.1, 0.15) is 36.4 Å². The van der Waals surface area contributed by atoms with Gasteiger partial charge in [-0.05, 0) is 31.4 Å². The Balaban J connectivity index is 2.31. The summed E-state index contributed by atoms with van der Waals surface area (Å²) in [4.78, 5) is 7.80. The van der Waals surface area contributed by atoms with Gasteiger partial charge in [0.15, 0.2) is 0 Å². The van der Waals surface area contributed by atoms with Gasteiger partial charge in [0.05, 0.1) is 12.1 Å². The summed E-state index contributed by atoms with van der Waals surface area (Å²) in [5, 5.41) is 11.9. The van der Waals surface area contributed by atoms with Crippen LogP contribution in [0.15, 0.2) is 35.8 Å². The quantitative estimate of drug-likeness (QED) is 0.917. The Morgan fingerprint density at radius 1 is 1.28 bits per heavy atom. The lowest BCUT2D eigenvalue weighted by Crippen LogP contribution is -2.23. The summed E-state index contributed by atoms with van der Waals surface area (Å²) < 4.78 is 0. The third-order valence-corrected chi connectivity index (χ3v) is 4.18. The molecule has 0 aliphatic rings. The molecule has 0 aromatic carbocycles. The fourth-order valence-corrected chi connectivity index (χ4v) is 2.76. The number of anilines is 1. The Morgan fingerprint density at radius 3 is 2.67 bits per heavy atom. The number of rotatable bonds is 4. The van der Waals surface area contributed by atoms with Crippen LogP contribution < -0.4 is 4.90 Å². The van der Waals surface area contributed by atoms with Gasteiger partial charge in [-0.25, -0.2) is 4.98 Å². The minimum absolute atomic E-state index is 0.248. The lowest BCUT2D eigenvalue weighted by Gasteiger charge is -2.27. The van der Waals surface area contributed by atoms with Crippen molar-refractivity contribution in [2.75, 3.05) is 11.9 Å². The molecule has 0 saturated carbocycles. The first kappa shape index (κ1) is 13.1. The zero-order valence-corrected chi connectivity index (χ0v) is 11.7. The zero-order chi connectivity index (χ0) is 13.1. The van der Waals surface area contributed by atoms with E-state index in [1.165, 1.54) is 4.88 Å². The Kier molecular flexibility index (Phi) is 3.99. The predicted octanol–water partition coefficient (Wildman–Crippen LogP) is 3.39. The predicted molar refractivity (Wildman–Crippen MR) is 76.0 cm³/mol. The van der Waals surface area contributed by atoms with E-state index in [0.29, 0.717) is 0 Å². The average Bonchev–Trinajstić information content (AvgIpc) is 2.90. The molecule has 1 N–H and O–H groups in total. The van der Waals surface area contributed by atoms with Gasteiger partial charge in [0.25, 0.3) is 0 Å². The average molecular weight is 262 g/mol. The van der Waals surface area contributed by atoms with E-state index in [0.717, 1.165) is 11.4 Å². The van der Waals surface area contributed by atoms with Crippen molar-refractivity contribution in [3.63, 3.8) is 0 Å². The van der Waals surface area contributed by atoms with Crippen LogP contribution in [0.2, 0.25) is 0 Å². The van der Waals surface area contributed by atoms with Crippen molar-refractivity contribution >= 4 is 17.2 Å². The van der Waals surface area contributed by atoms with Crippen LogP contribution in [0.3, 0.4) is 0 Å². The van der Waals surface area contributed by atoms with Crippen LogP contribution in [0.5, 0.6) is 0 Å². The van der Waals surface area contributed by atoms with Gasteiger partial charge >= 0.3 is 0 Å². The molecule has 0 aliphatic heterocycles. The second kappa shape index (κ2) is 5.50. The van der Waals surface area contributed by atoms with E-state index in [-0.39, 0.29) is 6.04 Å². The topological polar surface area (TPSA) is 36.4 Å². The number of aliphatic hydroxyl groups excluding tert-OH is 1. The van der Waals surface area contributed by atoms with Crippen LogP contribution in [0.25, 0.3) is 0 Å². The summed E-state index contributed by atoms with van der Waals surface area (Å²) >= 11 is 1.74. The molecule has 0 spiro atoms. The Labute approximate surface area is 112 Å². The molecular formula is C14H18N2OS. The highest BCUT2D eigenvalue weighted by Gasteiger charge is 2.18. The van der Waals surface area contributed by atoms with Gasteiger partial charge in [-0.3, -0.25) is 0 Å². The molecule has 96 valence electrons. The van der Waals surface area contributed by atoms with Crippen molar-refractivity contribution in [3.8, 4) is 0 Å². The maximum atomic E-state index is 9.80. The van der Waals surface area contributed by atoms with Crippen LogP contribution in [0, 0.1) is 0 Å². The number of hydrogen-bond acceptors (Lipinski definition) is 4. The van der Waals surface area contributed by atoms with Gasteiger partial charge in [0.2, 0.25) is 0 Å². The van der Waals surface area contributed by atoms with E-state index in [2.05, 4.69) is 34.3 Å². The first-order chi connectivity index (χ1) is 8.61. The highest BCUT2D eigenvalue weighted by molar-refractivity contribution is 7.10. The highest BCUT2D eigenvalue weighted by atomic mass is 32.1. The lowest BCUT2D eigenvalue weighted by atomic mass is 10.1. The largest absolute Gasteiger partial charge is 0.389 e. The van der Waals surface area contributed by atoms with E-state index < -0.39 is 6.10 Å². The minimum atomic E-state index is -0.508. The first-order valence-corrected chi connectivity index (χ1v) is 6.88. The molecule has 2 aromatic rings. The van der Waals surface area contributed by atoms with Gasteiger partial charge in [-0.1, -0.05) is 12.1 Å².